The van der Waals surface area contributed by atoms with E-state index in [1.807, 2.05) is 37.3 Å². The van der Waals surface area contributed by atoms with Crippen LogP contribution in [0.15, 0.2) is 36.4 Å². The van der Waals surface area contributed by atoms with Gasteiger partial charge in [0.05, 0.1) is 0 Å². The number of likely N-dealkylation sites (N-methyl/N-ethyl adjacent to an activating group) is 1. The number of amides is 1. The van der Waals surface area contributed by atoms with Gasteiger partial charge in [0, 0.05) is 29.4 Å². The van der Waals surface area contributed by atoms with E-state index in [9.17, 15) is 9.59 Å². The summed E-state index contributed by atoms with van der Waals surface area (Å²) in [5.41, 5.74) is 0.911. The molecule has 142 valence electrons. The first-order valence-corrected chi connectivity index (χ1v) is 9.36. The number of esters is 1. The van der Waals surface area contributed by atoms with Crippen LogP contribution in [0.1, 0.15) is 15.3 Å². The number of thiophene rings is 1. The first-order valence-electron chi connectivity index (χ1n) is 8.55. The first kappa shape index (κ1) is 19.0. The molecule has 1 amide bonds. The van der Waals surface area contributed by atoms with E-state index in [0.29, 0.717) is 31.3 Å². The average molecular weight is 387 g/mol. The second-order valence-corrected chi connectivity index (χ2v) is 7.44. The molecule has 0 atom stereocenters. The molecule has 0 N–H and O–H groups in total. The van der Waals surface area contributed by atoms with Crippen LogP contribution in [0.25, 0.3) is 6.08 Å². The Morgan fingerprint density at radius 1 is 1.19 bits per heavy atom. The van der Waals surface area contributed by atoms with Gasteiger partial charge in [-0.05, 0) is 42.8 Å². The van der Waals surface area contributed by atoms with Gasteiger partial charge in [0.15, 0.2) is 18.1 Å². The lowest BCUT2D eigenvalue weighted by Gasteiger charge is -2.21. The number of aryl methyl sites for hydroxylation is 1. The molecule has 0 radical (unpaired) electrons. The minimum atomic E-state index is -0.540. The van der Waals surface area contributed by atoms with E-state index < -0.39 is 5.97 Å². The summed E-state index contributed by atoms with van der Waals surface area (Å²) in [4.78, 5) is 27.6. The van der Waals surface area contributed by atoms with Crippen LogP contribution in [-0.4, -0.2) is 43.6 Å². The van der Waals surface area contributed by atoms with Crippen molar-refractivity contribution < 1.29 is 23.8 Å². The van der Waals surface area contributed by atoms with Crippen LogP contribution in [-0.2, 0) is 20.9 Å². The molecule has 0 spiro atoms. The topological polar surface area (TPSA) is 65.1 Å². The molecule has 1 aromatic carbocycles. The molecule has 2 heterocycles. The number of rotatable bonds is 6. The van der Waals surface area contributed by atoms with Gasteiger partial charge in [0.1, 0.15) is 13.2 Å². The summed E-state index contributed by atoms with van der Waals surface area (Å²) in [6, 6.07) is 9.48. The van der Waals surface area contributed by atoms with Crippen LogP contribution in [0.4, 0.5) is 0 Å². The Morgan fingerprint density at radius 3 is 2.70 bits per heavy atom. The summed E-state index contributed by atoms with van der Waals surface area (Å²) in [5, 5.41) is 0. The predicted octanol–water partition coefficient (Wildman–Crippen LogP) is 3.04. The number of hydrogen-bond acceptors (Lipinski definition) is 6. The van der Waals surface area contributed by atoms with Gasteiger partial charge in [-0.1, -0.05) is 6.07 Å². The smallest absolute Gasteiger partial charge is 0.331 e. The van der Waals surface area contributed by atoms with Gasteiger partial charge in [0.25, 0.3) is 5.91 Å². The molecule has 0 fully saturated rings. The molecular formula is C20H21NO5S. The van der Waals surface area contributed by atoms with Crippen molar-refractivity contribution in [2.75, 3.05) is 26.9 Å². The van der Waals surface area contributed by atoms with Crippen molar-refractivity contribution in [3.8, 4) is 11.5 Å². The van der Waals surface area contributed by atoms with Crippen molar-refractivity contribution in [1.29, 1.82) is 0 Å². The molecular weight excluding hydrogens is 366 g/mol. The highest BCUT2D eigenvalue weighted by atomic mass is 32.1. The van der Waals surface area contributed by atoms with Gasteiger partial charge >= 0.3 is 5.97 Å². The predicted molar refractivity (Wildman–Crippen MR) is 103 cm³/mol. The molecule has 1 aliphatic rings. The Bertz CT molecular complexity index is 858. The second kappa shape index (κ2) is 8.73. The lowest BCUT2D eigenvalue weighted by Crippen LogP contribution is -2.30. The maximum Gasteiger partial charge on any atom is 0.331 e. The van der Waals surface area contributed by atoms with Gasteiger partial charge < -0.3 is 19.1 Å². The molecule has 1 aliphatic heterocycles. The largest absolute Gasteiger partial charge is 0.486 e. The van der Waals surface area contributed by atoms with Crippen LogP contribution < -0.4 is 9.47 Å². The summed E-state index contributed by atoms with van der Waals surface area (Å²) < 4.78 is 16.1. The Hall–Kier alpha value is -2.80. The van der Waals surface area contributed by atoms with E-state index in [-0.39, 0.29) is 12.5 Å². The third kappa shape index (κ3) is 5.34. The number of fused-ring (bicyclic) bond motifs is 1. The fourth-order valence-corrected chi connectivity index (χ4v) is 3.31. The Morgan fingerprint density at radius 2 is 1.96 bits per heavy atom. The highest BCUT2D eigenvalue weighted by Crippen LogP contribution is 2.31. The molecule has 7 heteroatoms. The zero-order valence-corrected chi connectivity index (χ0v) is 16.1. The van der Waals surface area contributed by atoms with Crippen LogP contribution in [0, 0.1) is 6.92 Å². The van der Waals surface area contributed by atoms with Crippen LogP contribution in [0.2, 0.25) is 0 Å². The SMILES string of the molecule is Cc1ccc(/C=C/C(=O)OCC(=O)N(C)Cc2ccc3c(c2)OCCO3)s1. The first-order chi connectivity index (χ1) is 13.0. The summed E-state index contributed by atoms with van der Waals surface area (Å²) >= 11 is 1.58. The highest BCUT2D eigenvalue weighted by Gasteiger charge is 2.15. The summed E-state index contributed by atoms with van der Waals surface area (Å²) in [5.74, 6) is 0.571. The Kier molecular flexibility index (Phi) is 6.13. The lowest BCUT2D eigenvalue weighted by molar-refractivity contribution is -0.147. The quantitative estimate of drug-likeness (QED) is 0.563. The molecule has 27 heavy (non-hydrogen) atoms. The summed E-state index contributed by atoms with van der Waals surface area (Å²) in [7, 11) is 1.66. The fourth-order valence-electron chi connectivity index (χ4n) is 2.53. The number of carbonyl (C=O) groups is 2. The molecule has 0 saturated heterocycles. The summed E-state index contributed by atoms with van der Waals surface area (Å²) in [6.07, 6.45) is 3.02. The average Bonchev–Trinajstić information content (AvgIpc) is 3.09. The van der Waals surface area contributed by atoms with Crippen molar-refractivity contribution >= 4 is 29.3 Å². The second-order valence-electron chi connectivity index (χ2n) is 6.12. The van der Waals surface area contributed by atoms with Crippen LogP contribution >= 0.6 is 11.3 Å². The van der Waals surface area contributed by atoms with Gasteiger partial charge in [0.2, 0.25) is 0 Å². The van der Waals surface area contributed by atoms with Gasteiger partial charge in [-0.15, -0.1) is 11.3 Å². The summed E-state index contributed by atoms with van der Waals surface area (Å²) in [6.45, 7) is 3.14. The van der Waals surface area contributed by atoms with E-state index in [1.165, 1.54) is 15.9 Å². The van der Waals surface area contributed by atoms with E-state index >= 15 is 0 Å². The number of ether oxygens (including phenoxy) is 3. The van der Waals surface area contributed by atoms with Gasteiger partial charge in [-0.3, -0.25) is 4.79 Å². The van der Waals surface area contributed by atoms with Crippen LogP contribution in [0.5, 0.6) is 11.5 Å². The third-order valence-corrected chi connectivity index (χ3v) is 4.90. The number of benzene rings is 1. The maximum atomic E-state index is 12.2. The highest BCUT2D eigenvalue weighted by molar-refractivity contribution is 7.12. The van der Waals surface area contributed by atoms with Gasteiger partial charge in [-0.25, -0.2) is 4.79 Å². The number of hydrogen-bond donors (Lipinski definition) is 0. The number of nitrogens with zero attached hydrogens (tertiary/aromatic N) is 1. The van der Waals surface area contributed by atoms with Crippen molar-refractivity contribution in [2.24, 2.45) is 0 Å². The van der Waals surface area contributed by atoms with E-state index in [4.69, 9.17) is 14.2 Å². The molecule has 1 aromatic heterocycles. The lowest BCUT2D eigenvalue weighted by atomic mass is 10.2. The van der Waals surface area contributed by atoms with Crippen LogP contribution in [0.3, 0.4) is 0 Å². The number of carbonyl (C=O) groups excluding carboxylic acids is 2. The molecule has 6 nitrogen and oxygen atoms in total. The Balaban J connectivity index is 1.47. The zero-order valence-electron chi connectivity index (χ0n) is 15.3. The van der Waals surface area contributed by atoms with Crippen molar-refractivity contribution in [3.63, 3.8) is 0 Å². The van der Waals surface area contributed by atoms with Crippen molar-refractivity contribution in [1.82, 2.24) is 4.90 Å². The van der Waals surface area contributed by atoms with Gasteiger partial charge in [-0.2, -0.15) is 0 Å². The minimum Gasteiger partial charge on any atom is -0.486 e. The maximum absolute atomic E-state index is 12.2. The molecule has 3 rings (SSSR count). The zero-order chi connectivity index (χ0) is 19.2. The minimum absolute atomic E-state index is 0.279. The van der Waals surface area contributed by atoms with E-state index in [2.05, 4.69) is 0 Å². The van der Waals surface area contributed by atoms with Crippen molar-refractivity contribution in [2.45, 2.75) is 13.5 Å². The van der Waals surface area contributed by atoms with E-state index in [1.54, 1.807) is 24.5 Å². The standard InChI is InChI=1S/C20H21NO5S/c1-14-3-5-16(27-14)6-8-20(23)26-13-19(22)21(2)12-15-4-7-17-18(11-15)25-10-9-24-17/h3-8,11H,9-10,12-13H2,1-2H3/b8-6+. The van der Waals surface area contributed by atoms with E-state index in [0.717, 1.165) is 10.4 Å². The molecule has 0 bridgehead atoms. The fraction of sp³-hybridized carbons (Fsp3) is 0.300. The van der Waals surface area contributed by atoms with Crippen molar-refractivity contribution in [3.05, 3.63) is 51.7 Å². The Labute approximate surface area is 162 Å². The molecule has 0 aliphatic carbocycles. The molecule has 2 aromatic rings. The molecule has 0 unspecified atom stereocenters. The monoisotopic (exact) mass is 387 g/mol. The normalized spacial score (nSPS) is 12.8. The third-order valence-electron chi connectivity index (χ3n) is 3.93. The molecule has 0 saturated carbocycles.